The summed E-state index contributed by atoms with van der Waals surface area (Å²) in [6, 6.07) is 13.6. The smallest absolute Gasteiger partial charge is 0.278 e. The molecule has 0 unspecified atom stereocenters. The van der Waals surface area contributed by atoms with Gasteiger partial charge in [-0.15, -0.1) is 0 Å². The second kappa shape index (κ2) is 14.7. The van der Waals surface area contributed by atoms with Crippen LogP contribution in [-0.4, -0.2) is 64.2 Å². The molecule has 7 rings (SSSR count). The number of hydrogen-bond acceptors (Lipinski definition) is 12. The minimum atomic E-state index is -1.10. The van der Waals surface area contributed by atoms with Crippen LogP contribution in [0.5, 0.6) is 0 Å². The van der Waals surface area contributed by atoms with Crippen LogP contribution in [0.4, 0.5) is 8.78 Å². The lowest BCUT2D eigenvalue weighted by atomic mass is 9.75. The molecule has 16 nitrogen and oxygen atoms in total. The molecule has 6 aromatic rings. The largest absolute Gasteiger partial charge is 0.355 e. The molecule has 19 heteroatoms. The van der Waals surface area contributed by atoms with Crippen LogP contribution >= 0.6 is 11.6 Å². The lowest BCUT2D eigenvalue weighted by Crippen LogP contribution is -2.46. The maximum Gasteiger partial charge on any atom is 0.278 e. The van der Waals surface area contributed by atoms with Crippen LogP contribution < -0.4 is 21.8 Å². The van der Waals surface area contributed by atoms with Crippen molar-refractivity contribution in [1.29, 1.82) is 0 Å². The van der Waals surface area contributed by atoms with Gasteiger partial charge in [0.15, 0.2) is 17.3 Å². The maximum atomic E-state index is 13.9. The zero-order valence-electron chi connectivity index (χ0n) is 27.6. The van der Waals surface area contributed by atoms with Crippen LogP contribution in [0.2, 0.25) is 5.02 Å². The Kier molecular flexibility index (Phi) is 9.68. The Morgan fingerprint density at radius 2 is 1.53 bits per heavy atom. The predicted octanol–water partition coefficient (Wildman–Crippen LogP) is 3.36. The second-order valence-corrected chi connectivity index (χ2v) is 12.5. The van der Waals surface area contributed by atoms with Gasteiger partial charge in [-0.05, 0) is 67.6 Å². The van der Waals surface area contributed by atoms with Crippen LogP contribution in [0.1, 0.15) is 31.2 Å². The van der Waals surface area contributed by atoms with E-state index >= 15 is 0 Å². The van der Waals surface area contributed by atoms with E-state index in [0.717, 1.165) is 21.5 Å². The average molecular weight is 745 g/mol. The van der Waals surface area contributed by atoms with Gasteiger partial charge in [0.05, 0.1) is 0 Å². The number of hydrogen-bond donors (Lipinski definition) is 2. The summed E-state index contributed by atoms with van der Waals surface area (Å²) in [5, 5.41) is 22.4. The van der Waals surface area contributed by atoms with Crippen LogP contribution in [0, 0.1) is 11.6 Å². The third-order valence-electron chi connectivity index (χ3n) is 8.33. The van der Waals surface area contributed by atoms with Gasteiger partial charge >= 0.3 is 0 Å². The number of likely N-dealkylation sites (N-methyl/N-ethyl adjacent to an activating group) is 1. The van der Waals surface area contributed by atoms with Crippen molar-refractivity contribution in [2.24, 2.45) is 0 Å². The maximum absolute atomic E-state index is 13.9. The summed E-state index contributed by atoms with van der Waals surface area (Å²) in [6.45, 7) is 1.29. The first kappa shape index (κ1) is 35.0. The monoisotopic (exact) mass is 744 g/mol. The number of benzene rings is 2. The van der Waals surface area contributed by atoms with E-state index < -0.39 is 41.1 Å². The number of aromatic nitrogens is 8. The van der Waals surface area contributed by atoms with E-state index in [2.05, 4.69) is 41.1 Å². The van der Waals surface area contributed by atoms with E-state index in [4.69, 9.17) is 20.6 Å². The molecule has 1 fully saturated rings. The van der Waals surface area contributed by atoms with Crippen LogP contribution in [0.15, 0.2) is 79.3 Å². The standard InChI is InChI=1S/C34H27ClF2N10O6/c1-2-38-26(48)15-47-29(51)14-22(30(43-47)34-41-32(45-53-34)18-6-7-23(36)24(37)13-18)19-11-21(12-19)39-27(49)16-46-28(50)9-8-25(42-46)33-40-31(44-52-33)17-4-3-5-20(35)10-17/h3-10,13-14,19,21H,2,11-12,15-16H2,1H3,(H,38,48)(H,39,49). The summed E-state index contributed by atoms with van der Waals surface area (Å²) in [5.41, 5.74) is 0.377. The Hall–Kier alpha value is -6.43. The first-order valence-electron chi connectivity index (χ1n) is 16.2. The van der Waals surface area contributed by atoms with Crippen molar-refractivity contribution >= 4 is 23.4 Å². The van der Waals surface area contributed by atoms with Gasteiger partial charge in [0.1, 0.15) is 18.8 Å². The highest BCUT2D eigenvalue weighted by Gasteiger charge is 2.35. The van der Waals surface area contributed by atoms with E-state index in [9.17, 15) is 28.0 Å². The highest BCUT2D eigenvalue weighted by atomic mass is 35.5. The molecule has 0 saturated heterocycles. The number of nitrogens with zero attached hydrogens (tertiary/aromatic N) is 8. The summed E-state index contributed by atoms with van der Waals surface area (Å²) in [5.74, 6) is -3.27. The molecule has 0 spiro atoms. The Morgan fingerprint density at radius 3 is 2.26 bits per heavy atom. The van der Waals surface area contributed by atoms with Crippen molar-refractivity contribution in [2.75, 3.05) is 6.54 Å². The Morgan fingerprint density at radius 1 is 0.830 bits per heavy atom. The molecular weight excluding hydrogens is 718 g/mol. The fourth-order valence-electron chi connectivity index (χ4n) is 5.70. The van der Waals surface area contributed by atoms with E-state index in [1.807, 2.05) is 0 Å². The van der Waals surface area contributed by atoms with Gasteiger partial charge < -0.3 is 19.7 Å². The zero-order valence-corrected chi connectivity index (χ0v) is 28.4. The predicted molar refractivity (Wildman–Crippen MR) is 182 cm³/mol. The summed E-state index contributed by atoms with van der Waals surface area (Å²) in [4.78, 5) is 59.6. The highest BCUT2D eigenvalue weighted by Crippen LogP contribution is 2.40. The van der Waals surface area contributed by atoms with Crippen molar-refractivity contribution < 1.29 is 27.4 Å². The molecule has 1 aliphatic rings. The molecular formula is C34H27ClF2N10O6. The van der Waals surface area contributed by atoms with Crippen molar-refractivity contribution in [1.82, 2.24) is 50.5 Å². The molecule has 0 radical (unpaired) electrons. The Balaban J connectivity index is 1.06. The number of nitrogens with one attached hydrogen (secondary N) is 2. The van der Waals surface area contributed by atoms with Gasteiger partial charge in [0, 0.05) is 40.9 Å². The summed E-state index contributed by atoms with van der Waals surface area (Å²) >= 11 is 6.06. The first-order valence-corrected chi connectivity index (χ1v) is 16.6. The minimum absolute atomic E-state index is 0.0338. The first-order chi connectivity index (χ1) is 25.5. The topological polar surface area (TPSA) is 206 Å². The number of amides is 2. The van der Waals surface area contributed by atoms with Gasteiger partial charge in [-0.2, -0.15) is 20.2 Å². The van der Waals surface area contributed by atoms with Crippen LogP contribution in [-0.2, 0) is 22.7 Å². The quantitative estimate of drug-likeness (QED) is 0.196. The highest BCUT2D eigenvalue weighted by molar-refractivity contribution is 6.30. The van der Waals surface area contributed by atoms with E-state index in [0.29, 0.717) is 35.5 Å². The second-order valence-electron chi connectivity index (χ2n) is 12.0. The Bertz CT molecular complexity index is 2470. The van der Waals surface area contributed by atoms with Crippen molar-refractivity contribution in [3.63, 3.8) is 0 Å². The van der Waals surface area contributed by atoms with E-state index in [1.54, 1.807) is 31.2 Å². The normalized spacial score (nSPS) is 15.2. The van der Waals surface area contributed by atoms with Crippen molar-refractivity contribution in [3.8, 4) is 45.9 Å². The SMILES string of the molecule is CCNC(=O)Cn1nc(-c2nc(-c3ccc(F)c(F)c3)no2)c(C2CC(NC(=O)Cn3nc(-c4nc(-c5cccc(Cl)c5)no4)ccc3=O)C2)cc1=O. The fraction of sp³-hybridized carbons (Fsp3) is 0.235. The van der Waals surface area contributed by atoms with Gasteiger partial charge in [-0.3, -0.25) is 19.2 Å². The van der Waals surface area contributed by atoms with Crippen molar-refractivity contribution in [3.05, 3.63) is 104 Å². The summed E-state index contributed by atoms with van der Waals surface area (Å²) in [7, 11) is 0. The lowest BCUT2D eigenvalue weighted by molar-refractivity contribution is -0.123. The van der Waals surface area contributed by atoms with Crippen LogP contribution in [0.25, 0.3) is 45.9 Å². The third-order valence-corrected chi connectivity index (χ3v) is 8.57. The number of halogens is 3. The molecule has 0 atom stereocenters. The molecule has 4 aromatic heterocycles. The zero-order chi connectivity index (χ0) is 37.2. The molecule has 2 N–H and O–H groups in total. The number of carbonyl (C=O) groups excluding carboxylic acids is 2. The Labute approximate surface area is 301 Å². The minimum Gasteiger partial charge on any atom is -0.355 e. The molecule has 4 heterocycles. The lowest BCUT2D eigenvalue weighted by Gasteiger charge is -2.36. The fourth-order valence-corrected chi connectivity index (χ4v) is 5.89. The number of rotatable bonds is 11. The van der Waals surface area contributed by atoms with Crippen LogP contribution in [0.3, 0.4) is 0 Å². The molecule has 270 valence electrons. The number of carbonyl (C=O) groups is 2. The van der Waals surface area contributed by atoms with Gasteiger partial charge in [-0.25, -0.2) is 18.1 Å². The van der Waals surface area contributed by atoms with E-state index in [1.165, 1.54) is 24.3 Å². The average Bonchev–Trinajstić information content (AvgIpc) is 3.81. The van der Waals surface area contributed by atoms with E-state index in [-0.39, 0.29) is 58.9 Å². The molecule has 0 aliphatic heterocycles. The summed E-state index contributed by atoms with van der Waals surface area (Å²) < 4.78 is 40.1. The third kappa shape index (κ3) is 7.62. The van der Waals surface area contributed by atoms with Gasteiger partial charge in [0.2, 0.25) is 23.5 Å². The van der Waals surface area contributed by atoms with Crippen molar-refractivity contribution in [2.45, 2.75) is 44.8 Å². The molecule has 2 amide bonds. The molecule has 0 bridgehead atoms. The van der Waals surface area contributed by atoms with Gasteiger partial charge in [-0.1, -0.05) is 34.0 Å². The molecule has 53 heavy (non-hydrogen) atoms. The molecule has 1 saturated carbocycles. The summed E-state index contributed by atoms with van der Waals surface area (Å²) in [6.07, 6.45) is 0.752. The molecule has 2 aromatic carbocycles. The molecule has 1 aliphatic carbocycles. The van der Waals surface area contributed by atoms with Gasteiger partial charge in [0.25, 0.3) is 22.9 Å².